The third-order valence-electron chi connectivity index (χ3n) is 4.45. The van der Waals surface area contributed by atoms with E-state index in [1.54, 1.807) is 36.4 Å². The molecule has 0 aliphatic carbocycles. The second-order valence-electron chi connectivity index (χ2n) is 6.88. The quantitative estimate of drug-likeness (QED) is 0.326. The Balaban J connectivity index is 1.62. The molecule has 7 heteroatoms. The van der Waals surface area contributed by atoms with E-state index in [0.717, 1.165) is 17.7 Å². The highest BCUT2D eigenvalue weighted by Crippen LogP contribution is 2.36. The number of methoxy groups -OCH3 is 1. The molecule has 6 nitrogen and oxygen atoms in total. The molecule has 0 radical (unpaired) electrons. The molecule has 0 aliphatic rings. The molecule has 3 aromatic carbocycles. The standard InChI is InChI=1S/C25H25ClN2O4/c1-3-13-31-21-11-9-20(10-12-21)25(29)28-27-16-19-14-22(26)24(23(15-19)30-2)32-17-18-7-5-4-6-8-18/h4-12,14-16H,3,13,17H2,1-2H3,(H,28,29)/b27-16+. The number of carbonyl (C=O) groups excluding carboxylic acids is 1. The lowest BCUT2D eigenvalue weighted by atomic mass is 10.2. The number of benzene rings is 3. The maximum absolute atomic E-state index is 12.3. The van der Waals surface area contributed by atoms with Crippen molar-refractivity contribution in [2.45, 2.75) is 20.0 Å². The van der Waals surface area contributed by atoms with Crippen molar-refractivity contribution in [2.24, 2.45) is 5.10 Å². The Bertz CT molecular complexity index is 1050. The highest BCUT2D eigenvalue weighted by molar-refractivity contribution is 6.32. The van der Waals surface area contributed by atoms with Gasteiger partial charge < -0.3 is 14.2 Å². The van der Waals surface area contributed by atoms with E-state index in [1.807, 2.05) is 37.3 Å². The summed E-state index contributed by atoms with van der Waals surface area (Å²) in [5.41, 5.74) is 4.65. The lowest BCUT2D eigenvalue weighted by Crippen LogP contribution is -2.17. The van der Waals surface area contributed by atoms with Gasteiger partial charge >= 0.3 is 0 Å². The first-order chi connectivity index (χ1) is 15.6. The van der Waals surface area contributed by atoms with Crippen molar-refractivity contribution in [1.29, 1.82) is 0 Å². The molecule has 1 N–H and O–H groups in total. The first kappa shape index (κ1) is 23.2. The Labute approximate surface area is 192 Å². The minimum absolute atomic E-state index is 0.329. The van der Waals surface area contributed by atoms with Crippen LogP contribution in [0.3, 0.4) is 0 Å². The van der Waals surface area contributed by atoms with Gasteiger partial charge in [-0.05, 0) is 53.9 Å². The predicted molar refractivity (Wildman–Crippen MR) is 126 cm³/mol. The molecule has 0 aliphatic heterocycles. The van der Waals surface area contributed by atoms with Crippen LogP contribution in [-0.4, -0.2) is 25.8 Å². The van der Waals surface area contributed by atoms with Crippen molar-refractivity contribution in [3.8, 4) is 17.2 Å². The van der Waals surface area contributed by atoms with Crippen LogP contribution in [0.15, 0.2) is 71.8 Å². The van der Waals surface area contributed by atoms with Crippen molar-refractivity contribution in [3.63, 3.8) is 0 Å². The van der Waals surface area contributed by atoms with Crippen molar-refractivity contribution in [1.82, 2.24) is 5.43 Å². The molecule has 3 rings (SSSR count). The van der Waals surface area contributed by atoms with Gasteiger partial charge in [-0.1, -0.05) is 48.9 Å². The molecule has 0 heterocycles. The predicted octanol–water partition coefficient (Wildman–Crippen LogP) is 5.48. The number of hydrogen-bond acceptors (Lipinski definition) is 5. The Morgan fingerprint density at radius 3 is 2.50 bits per heavy atom. The molecule has 0 unspecified atom stereocenters. The second-order valence-corrected chi connectivity index (χ2v) is 7.29. The van der Waals surface area contributed by atoms with Crippen LogP contribution in [0, 0.1) is 0 Å². The zero-order valence-electron chi connectivity index (χ0n) is 18.0. The zero-order chi connectivity index (χ0) is 22.8. The summed E-state index contributed by atoms with van der Waals surface area (Å²) in [4.78, 5) is 12.3. The van der Waals surface area contributed by atoms with Crippen LogP contribution in [0.5, 0.6) is 17.2 Å². The Morgan fingerprint density at radius 2 is 1.81 bits per heavy atom. The van der Waals surface area contributed by atoms with E-state index in [0.29, 0.717) is 40.9 Å². The van der Waals surface area contributed by atoms with Crippen LogP contribution in [-0.2, 0) is 6.61 Å². The first-order valence-corrected chi connectivity index (χ1v) is 10.6. The summed E-state index contributed by atoms with van der Waals surface area (Å²) in [6, 6.07) is 20.1. The molecular weight excluding hydrogens is 428 g/mol. The summed E-state index contributed by atoms with van der Waals surface area (Å²) in [6.45, 7) is 3.04. The summed E-state index contributed by atoms with van der Waals surface area (Å²) < 4.78 is 16.8. The van der Waals surface area contributed by atoms with E-state index in [2.05, 4.69) is 10.5 Å². The molecule has 0 fully saturated rings. The number of ether oxygens (including phenoxy) is 3. The van der Waals surface area contributed by atoms with Gasteiger partial charge in [0, 0.05) is 5.56 Å². The monoisotopic (exact) mass is 452 g/mol. The number of hydrogen-bond donors (Lipinski definition) is 1. The number of hydrazone groups is 1. The average molecular weight is 453 g/mol. The van der Waals surface area contributed by atoms with Crippen molar-refractivity contribution < 1.29 is 19.0 Å². The summed E-state index contributed by atoms with van der Waals surface area (Å²) in [5, 5.41) is 4.40. The maximum atomic E-state index is 12.3. The number of rotatable bonds is 10. The van der Waals surface area contributed by atoms with E-state index >= 15 is 0 Å². The maximum Gasteiger partial charge on any atom is 0.271 e. The molecule has 0 spiro atoms. The van der Waals surface area contributed by atoms with E-state index in [1.165, 1.54) is 13.3 Å². The third kappa shape index (κ3) is 6.49. The summed E-state index contributed by atoms with van der Waals surface area (Å²) in [6.07, 6.45) is 2.41. The van der Waals surface area contributed by atoms with Gasteiger partial charge in [0.05, 0.1) is 25.0 Å². The highest BCUT2D eigenvalue weighted by Gasteiger charge is 2.12. The molecule has 0 atom stereocenters. The summed E-state index contributed by atoms with van der Waals surface area (Å²) in [5.74, 6) is 1.32. The minimum atomic E-state index is -0.329. The Kier molecular flexibility index (Phi) is 8.52. The molecule has 0 bridgehead atoms. The Hall–Kier alpha value is -3.51. The normalized spacial score (nSPS) is 10.7. The number of carbonyl (C=O) groups is 1. The molecular formula is C25H25ClN2O4. The summed E-state index contributed by atoms with van der Waals surface area (Å²) in [7, 11) is 1.54. The van der Waals surface area contributed by atoms with E-state index in [9.17, 15) is 4.79 Å². The van der Waals surface area contributed by atoms with Crippen LogP contribution in [0.1, 0.15) is 34.8 Å². The van der Waals surface area contributed by atoms with Crippen LogP contribution in [0.25, 0.3) is 0 Å². The molecule has 166 valence electrons. The van der Waals surface area contributed by atoms with Gasteiger partial charge in [-0.2, -0.15) is 5.10 Å². The van der Waals surface area contributed by atoms with Crippen molar-refractivity contribution >= 4 is 23.7 Å². The topological polar surface area (TPSA) is 69.2 Å². The fraction of sp³-hybridized carbons (Fsp3) is 0.200. The first-order valence-electron chi connectivity index (χ1n) is 10.2. The largest absolute Gasteiger partial charge is 0.494 e. The Morgan fingerprint density at radius 1 is 1.06 bits per heavy atom. The highest BCUT2D eigenvalue weighted by atomic mass is 35.5. The van der Waals surface area contributed by atoms with Gasteiger partial charge in [0.15, 0.2) is 11.5 Å². The molecule has 0 aromatic heterocycles. The SMILES string of the molecule is CCCOc1ccc(C(=O)N/N=C/c2cc(Cl)c(OCc3ccccc3)c(OC)c2)cc1. The molecule has 3 aromatic rings. The third-order valence-corrected chi connectivity index (χ3v) is 4.73. The summed E-state index contributed by atoms with van der Waals surface area (Å²) >= 11 is 6.40. The van der Waals surface area contributed by atoms with Gasteiger partial charge in [-0.3, -0.25) is 4.79 Å². The molecule has 32 heavy (non-hydrogen) atoms. The molecule has 0 saturated heterocycles. The number of halogens is 1. The number of nitrogens with one attached hydrogen (secondary N) is 1. The number of amides is 1. The van der Waals surface area contributed by atoms with Gasteiger partial charge in [-0.25, -0.2) is 5.43 Å². The van der Waals surface area contributed by atoms with E-state index in [-0.39, 0.29) is 5.91 Å². The van der Waals surface area contributed by atoms with Crippen molar-refractivity contribution in [2.75, 3.05) is 13.7 Å². The van der Waals surface area contributed by atoms with Crippen LogP contribution in [0.4, 0.5) is 0 Å². The van der Waals surface area contributed by atoms with Gasteiger partial charge in [0.1, 0.15) is 12.4 Å². The van der Waals surface area contributed by atoms with Gasteiger partial charge in [0.2, 0.25) is 0 Å². The average Bonchev–Trinajstić information content (AvgIpc) is 2.82. The van der Waals surface area contributed by atoms with E-state index in [4.69, 9.17) is 25.8 Å². The minimum Gasteiger partial charge on any atom is -0.494 e. The fourth-order valence-corrected chi connectivity index (χ4v) is 3.11. The zero-order valence-corrected chi connectivity index (χ0v) is 18.8. The van der Waals surface area contributed by atoms with Crippen molar-refractivity contribution in [3.05, 3.63) is 88.4 Å². The van der Waals surface area contributed by atoms with Crippen LogP contribution in [0.2, 0.25) is 5.02 Å². The fourth-order valence-electron chi connectivity index (χ4n) is 2.84. The second kappa shape index (κ2) is 11.8. The van der Waals surface area contributed by atoms with Crippen LogP contribution >= 0.6 is 11.6 Å². The lowest BCUT2D eigenvalue weighted by molar-refractivity contribution is 0.0955. The number of nitrogens with zero attached hydrogens (tertiary/aromatic N) is 1. The van der Waals surface area contributed by atoms with Crippen LogP contribution < -0.4 is 19.6 Å². The van der Waals surface area contributed by atoms with Gasteiger partial charge in [0.25, 0.3) is 5.91 Å². The van der Waals surface area contributed by atoms with E-state index < -0.39 is 0 Å². The van der Waals surface area contributed by atoms with Gasteiger partial charge in [-0.15, -0.1) is 0 Å². The smallest absolute Gasteiger partial charge is 0.271 e. The molecule has 1 amide bonds. The molecule has 0 saturated carbocycles. The lowest BCUT2D eigenvalue weighted by Gasteiger charge is -2.13.